The van der Waals surface area contributed by atoms with Crippen LogP contribution in [0.1, 0.15) is 51.0 Å². The van der Waals surface area contributed by atoms with E-state index in [1.165, 1.54) is 18.9 Å². The molecule has 0 saturated carbocycles. The van der Waals surface area contributed by atoms with Crippen LogP contribution >= 0.6 is 0 Å². The lowest BCUT2D eigenvalue weighted by atomic mass is 10.00. The first-order valence-corrected chi connectivity index (χ1v) is 7.56. The third-order valence-corrected chi connectivity index (χ3v) is 4.15. The minimum atomic E-state index is -0.264. The maximum atomic E-state index is 11.9. The Bertz CT molecular complexity index is 534. The molecule has 0 aliphatic carbocycles. The summed E-state index contributed by atoms with van der Waals surface area (Å²) in [4.78, 5) is 14.2. The van der Waals surface area contributed by atoms with Gasteiger partial charge >= 0.3 is 0 Å². The van der Waals surface area contributed by atoms with Crippen LogP contribution in [0.5, 0.6) is 5.75 Å². The van der Waals surface area contributed by atoms with Crippen LogP contribution in [0, 0.1) is 12.8 Å². The SMILES string of the molecule is Cc1cc(=O)c(O)c(CN2CCCC(C)C2)n1C(C)C. The average Bonchev–Trinajstić information content (AvgIpc) is 2.35. The van der Waals surface area contributed by atoms with Gasteiger partial charge in [-0.05, 0) is 46.1 Å². The third kappa shape index (κ3) is 3.06. The summed E-state index contributed by atoms with van der Waals surface area (Å²) in [5.41, 5.74) is 1.42. The molecular weight excluding hydrogens is 252 g/mol. The van der Waals surface area contributed by atoms with Gasteiger partial charge in [0.25, 0.3) is 0 Å². The number of rotatable bonds is 3. The van der Waals surface area contributed by atoms with E-state index in [4.69, 9.17) is 0 Å². The molecule has 2 rings (SSSR count). The van der Waals surface area contributed by atoms with E-state index >= 15 is 0 Å². The van der Waals surface area contributed by atoms with Crippen molar-refractivity contribution in [3.63, 3.8) is 0 Å². The van der Waals surface area contributed by atoms with Gasteiger partial charge in [-0.15, -0.1) is 0 Å². The van der Waals surface area contributed by atoms with E-state index in [0.717, 1.165) is 24.5 Å². The van der Waals surface area contributed by atoms with E-state index in [1.54, 1.807) is 0 Å². The predicted molar refractivity (Wildman–Crippen MR) is 81.2 cm³/mol. The van der Waals surface area contributed by atoms with Gasteiger partial charge in [0, 0.05) is 30.9 Å². The van der Waals surface area contributed by atoms with Crippen molar-refractivity contribution in [2.24, 2.45) is 5.92 Å². The molecule has 1 aromatic heterocycles. The smallest absolute Gasteiger partial charge is 0.223 e. The molecule has 1 saturated heterocycles. The van der Waals surface area contributed by atoms with Gasteiger partial charge in [-0.25, -0.2) is 0 Å². The van der Waals surface area contributed by atoms with E-state index in [0.29, 0.717) is 12.5 Å². The number of likely N-dealkylation sites (tertiary alicyclic amines) is 1. The van der Waals surface area contributed by atoms with E-state index in [-0.39, 0.29) is 17.2 Å². The Labute approximate surface area is 121 Å². The largest absolute Gasteiger partial charge is 0.503 e. The molecule has 1 atom stereocenters. The molecule has 1 fully saturated rings. The van der Waals surface area contributed by atoms with Gasteiger partial charge in [0.1, 0.15) is 0 Å². The number of hydrogen-bond acceptors (Lipinski definition) is 3. The zero-order chi connectivity index (χ0) is 14.9. The van der Waals surface area contributed by atoms with E-state index in [9.17, 15) is 9.90 Å². The van der Waals surface area contributed by atoms with E-state index < -0.39 is 0 Å². The Morgan fingerprint density at radius 3 is 2.75 bits per heavy atom. The summed E-state index contributed by atoms with van der Waals surface area (Å²) in [6.45, 7) is 11.1. The van der Waals surface area contributed by atoms with Crippen molar-refractivity contribution in [1.82, 2.24) is 9.47 Å². The Morgan fingerprint density at radius 1 is 1.45 bits per heavy atom. The number of nitrogens with zero attached hydrogens (tertiary/aromatic N) is 2. The van der Waals surface area contributed by atoms with Crippen LogP contribution < -0.4 is 5.43 Å². The molecule has 0 bridgehead atoms. The molecule has 1 N–H and O–H groups in total. The second-order valence-corrected chi connectivity index (χ2v) is 6.39. The van der Waals surface area contributed by atoms with Crippen molar-refractivity contribution >= 4 is 0 Å². The van der Waals surface area contributed by atoms with Crippen molar-refractivity contribution in [3.8, 4) is 5.75 Å². The molecule has 1 unspecified atom stereocenters. The summed E-state index contributed by atoms with van der Waals surface area (Å²) in [5.74, 6) is 0.609. The predicted octanol–water partition coefficient (Wildman–Crippen LogP) is 2.68. The molecule has 1 aliphatic rings. The van der Waals surface area contributed by atoms with Gasteiger partial charge in [-0.3, -0.25) is 9.69 Å². The lowest BCUT2D eigenvalue weighted by Gasteiger charge is -2.32. The molecule has 1 aromatic rings. The second kappa shape index (κ2) is 6.00. The topological polar surface area (TPSA) is 45.5 Å². The number of aromatic nitrogens is 1. The fourth-order valence-corrected chi connectivity index (χ4v) is 3.31. The lowest BCUT2D eigenvalue weighted by Crippen LogP contribution is -2.35. The Kier molecular flexibility index (Phi) is 4.53. The maximum absolute atomic E-state index is 11.9. The summed E-state index contributed by atoms with van der Waals surface area (Å²) in [6.07, 6.45) is 2.47. The van der Waals surface area contributed by atoms with Crippen molar-refractivity contribution in [3.05, 3.63) is 27.7 Å². The monoisotopic (exact) mass is 278 g/mol. The standard InChI is InChI=1S/C16H26N2O2/c1-11(2)18-13(4)8-15(19)16(20)14(18)10-17-7-5-6-12(3)9-17/h8,11-12,20H,5-7,9-10H2,1-4H3. The highest BCUT2D eigenvalue weighted by molar-refractivity contribution is 5.30. The highest BCUT2D eigenvalue weighted by atomic mass is 16.3. The number of hydrogen-bond donors (Lipinski definition) is 1. The first-order valence-electron chi connectivity index (χ1n) is 7.56. The molecule has 4 nitrogen and oxygen atoms in total. The van der Waals surface area contributed by atoms with E-state index in [2.05, 4.69) is 30.2 Å². The van der Waals surface area contributed by atoms with Crippen LogP contribution in [0.15, 0.2) is 10.9 Å². The van der Waals surface area contributed by atoms with Gasteiger partial charge in [0.15, 0.2) is 5.75 Å². The fraction of sp³-hybridized carbons (Fsp3) is 0.688. The summed E-state index contributed by atoms with van der Waals surface area (Å²) < 4.78 is 2.08. The summed E-state index contributed by atoms with van der Waals surface area (Å²) in [7, 11) is 0. The van der Waals surface area contributed by atoms with Crippen LogP contribution in [-0.4, -0.2) is 27.7 Å². The molecule has 0 radical (unpaired) electrons. The highest BCUT2D eigenvalue weighted by Gasteiger charge is 2.21. The first kappa shape index (κ1) is 15.1. The number of piperidine rings is 1. The first-order chi connectivity index (χ1) is 9.40. The zero-order valence-corrected chi connectivity index (χ0v) is 13.0. The fourth-order valence-electron chi connectivity index (χ4n) is 3.31. The van der Waals surface area contributed by atoms with Gasteiger partial charge < -0.3 is 9.67 Å². The normalized spacial score (nSPS) is 20.6. The molecule has 4 heteroatoms. The molecule has 112 valence electrons. The van der Waals surface area contributed by atoms with E-state index in [1.807, 2.05) is 6.92 Å². The zero-order valence-electron chi connectivity index (χ0n) is 13.0. The molecule has 20 heavy (non-hydrogen) atoms. The molecule has 0 spiro atoms. The number of pyridine rings is 1. The number of aromatic hydroxyl groups is 1. The van der Waals surface area contributed by atoms with Crippen molar-refractivity contribution in [1.29, 1.82) is 0 Å². The molecule has 0 aromatic carbocycles. The average molecular weight is 278 g/mol. The highest BCUT2D eigenvalue weighted by Crippen LogP contribution is 2.24. The summed E-state index contributed by atoms with van der Waals surface area (Å²) in [5, 5.41) is 10.2. The van der Waals surface area contributed by atoms with Crippen LogP contribution in [0.3, 0.4) is 0 Å². The molecule has 1 aliphatic heterocycles. The summed E-state index contributed by atoms with van der Waals surface area (Å²) >= 11 is 0. The Hall–Kier alpha value is -1.29. The Morgan fingerprint density at radius 2 is 2.15 bits per heavy atom. The van der Waals surface area contributed by atoms with Gasteiger partial charge in [-0.2, -0.15) is 0 Å². The molecular formula is C16H26N2O2. The van der Waals surface area contributed by atoms with Crippen LogP contribution in [0.4, 0.5) is 0 Å². The Balaban J connectivity index is 2.36. The van der Waals surface area contributed by atoms with Gasteiger partial charge in [0.2, 0.25) is 5.43 Å². The van der Waals surface area contributed by atoms with Crippen LogP contribution in [0.2, 0.25) is 0 Å². The van der Waals surface area contributed by atoms with Crippen LogP contribution in [0.25, 0.3) is 0 Å². The van der Waals surface area contributed by atoms with Gasteiger partial charge in [-0.1, -0.05) is 6.92 Å². The van der Waals surface area contributed by atoms with Gasteiger partial charge in [0.05, 0.1) is 5.69 Å². The van der Waals surface area contributed by atoms with Crippen molar-refractivity contribution in [2.45, 2.75) is 53.1 Å². The van der Waals surface area contributed by atoms with Crippen LogP contribution in [-0.2, 0) is 6.54 Å². The lowest BCUT2D eigenvalue weighted by molar-refractivity contribution is 0.169. The third-order valence-electron chi connectivity index (χ3n) is 4.15. The maximum Gasteiger partial charge on any atom is 0.223 e. The van der Waals surface area contributed by atoms with Crippen molar-refractivity contribution < 1.29 is 5.11 Å². The van der Waals surface area contributed by atoms with Crippen molar-refractivity contribution in [2.75, 3.05) is 13.1 Å². The molecule has 0 amide bonds. The number of aryl methyl sites for hydroxylation is 1. The summed E-state index contributed by atoms with van der Waals surface area (Å²) in [6, 6.07) is 1.76. The minimum absolute atomic E-state index is 0.0810. The quantitative estimate of drug-likeness (QED) is 0.924. The molecule has 2 heterocycles. The minimum Gasteiger partial charge on any atom is -0.503 e. The second-order valence-electron chi connectivity index (χ2n) is 6.39.